The molecule has 0 heterocycles. The Kier molecular flexibility index (Phi) is 4.45. The first-order valence-electron chi connectivity index (χ1n) is 5.35. The molecule has 0 aliphatic heterocycles. The summed E-state index contributed by atoms with van der Waals surface area (Å²) in [4.78, 5) is 11.1. The maximum absolute atomic E-state index is 12.6. The molecule has 0 bridgehead atoms. The van der Waals surface area contributed by atoms with Crippen molar-refractivity contribution >= 4 is 5.97 Å². The van der Waals surface area contributed by atoms with Crippen molar-refractivity contribution < 1.29 is 19.0 Å². The lowest BCUT2D eigenvalue weighted by molar-refractivity contribution is -0.145. The lowest BCUT2D eigenvalue weighted by Crippen LogP contribution is -2.53. The third-order valence-electron chi connectivity index (χ3n) is 2.38. The number of nitrogens with one attached hydrogen (secondary N) is 1. The van der Waals surface area contributed by atoms with E-state index in [2.05, 4.69) is 5.32 Å². The quantitative estimate of drug-likeness (QED) is 0.795. The fraction of sp³-hybridized carbons (Fsp3) is 0.417. The smallest absolute Gasteiger partial charge is 0.327 e. The van der Waals surface area contributed by atoms with Gasteiger partial charge in [0.1, 0.15) is 23.7 Å². The normalized spacial score (nSPS) is 14.1. The van der Waals surface area contributed by atoms with Crippen LogP contribution in [0.25, 0.3) is 0 Å². The number of hydrogen-bond acceptors (Lipinski definition) is 3. The minimum atomic E-state index is -1.15. The largest absolute Gasteiger partial charge is 0.491 e. The Labute approximate surface area is 99.4 Å². The highest BCUT2D eigenvalue weighted by atomic mass is 19.1. The van der Waals surface area contributed by atoms with E-state index in [0.717, 1.165) is 0 Å². The minimum absolute atomic E-state index is 0.0260. The van der Waals surface area contributed by atoms with E-state index in [9.17, 15) is 9.18 Å². The number of benzene rings is 1. The summed E-state index contributed by atoms with van der Waals surface area (Å²) in [5, 5.41) is 11.9. The maximum Gasteiger partial charge on any atom is 0.327 e. The number of rotatable bonds is 6. The molecule has 1 atom stereocenters. The Bertz CT molecular complexity index is 380. The van der Waals surface area contributed by atoms with Gasteiger partial charge in [-0.25, -0.2) is 4.39 Å². The first-order chi connectivity index (χ1) is 7.98. The van der Waals surface area contributed by atoms with Crippen LogP contribution in [0.5, 0.6) is 5.75 Å². The Morgan fingerprint density at radius 3 is 2.53 bits per heavy atom. The van der Waals surface area contributed by atoms with Crippen molar-refractivity contribution in [1.82, 2.24) is 5.32 Å². The van der Waals surface area contributed by atoms with Gasteiger partial charge in [0.2, 0.25) is 0 Å². The molecule has 0 radical (unpaired) electrons. The van der Waals surface area contributed by atoms with Crippen molar-refractivity contribution in [3.63, 3.8) is 0 Å². The molecule has 4 nitrogen and oxygen atoms in total. The molecule has 0 fully saturated rings. The van der Waals surface area contributed by atoms with Gasteiger partial charge in [0.25, 0.3) is 0 Å². The van der Waals surface area contributed by atoms with Crippen LogP contribution >= 0.6 is 0 Å². The highest BCUT2D eigenvalue weighted by molar-refractivity contribution is 5.78. The standard InChI is InChI=1S/C12H16FNO3/c1-3-14-12(2,11(15)16)8-17-10-6-4-9(13)5-7-10/h4-7,14H,3,8H2,1-2H3,(H,15,16). The summed E-state index contributed by atoms with van der Waals surface area (Å²) >= 11 is 0. The number of halogens is 1. The zero-order valence-corrected chi connectivity index (χ0v) is 9.87. The maximum atomic E-state index is 12.6. The molecule has 2 N–H and O–H groups in total. The number of carboxylic acids is 1. The summed E-state index contributed by atoms with van der Waals surface area (Å²) in [5.74, 6) is -0.900. The highest BCUT2D eigenvalue weighted by Crippen LogP contribution is 2.14. The molecule has 0 saturated carbocycles. The lowest BCUT2D eigenvalue weighted by Gasteiger charge is -2.25. The van der Waals surface area contributed by atoms with Gasteiger partial charge in [-0.3, -0.25) is 10.1 Å². The van der Waals surface area contributed by atoms with Gasteiger partial charge in [0, 0.05) is 0 Å². The SMILES string of the molecule is CCNC(C)(COc1ccc(F)cc1)C(=O)O. The van der Waals surface area contributed by atoms with Gasteiger partial charge < -0.3 is 9.84 Å². The van der Waals surface area contributed by atoms with E-state index < -0.39 is 11.5 Å². The fourth-order valence-electron chi connectivity index (χ4n) is 1.34. The van der Waals surface area contributed by atoms with Crippen molar-refractivity contribution in [1.29, 1.82) is 0 Å². The molecule has 1 unspecified atom stereocenters. The van der Waals surface area contributed by atoms with E-state index in [1.165, 1.54) is 24.3 Å². The zero-order chi connectivity index (χ0) is 12.9. The van der Waals surface area contributed by atoms with Crippen LogP contribution in [0.1, 0.15) is 13.8 Å². The second kappa shape index (κ2) is 5.63. The predicted octanol–water partition coefficient (Wildman–Crippen LogP) is 1.66. The van der Waals surface area contributed by atoms with Gasteiger partial charge in [0.15, 0.2) is 0 Å². The van der Waals surface area contributed by atoms with E-state index in [1.54, 1.807) is 6.92 Å². The Hall–Kier alpha value is -1.62. The van der Waals surface area contributed by atoms with Gasteiger partial charge in [0.05, 0.1) is 0 Å². The number of likely N-dealkylation sites (N-methyl/N-ethyl adjacent to an activating group) is 1. The molecular formula is C12H16FNO3. The monoisotopic (exact) mass is 241 g/mol. The van der Waals surface area contributed by atoms with Gasteiger partial charge >= 0.3 is 5.97 Å². The van der Waals surface area contributed by atoms with E-state index in [-0.39, 0.29) is 12.4 Å². The Balaban J connectivity index is 2.64. The molecule has 17 heavy (non-hydrogen) atoms. The molecular weight excluding hydrogens is 225 g/mol. The number of ether oxygens (including phenoxy) is 1. The zero-order valence-electron chi connectivity index (χ0n) is 9.87. The van der Waals surface area contributed by atoms with Crippen LogP contribution in [0.3, 0.4) is 0 Å². The topological polar surface area (TPSA) is 58.6 Å². The van der Waals surface area contributed by atoms with E-state index in [1.807, 2.05) is 6.92 Å². The van der Waals surface area contributed by atoms with Gasteiger partial charge in [-0.15, -0.1) is 0 Å². The summed E-state index contributed by atoms with van der Waals surface area (Å²) in [5.41, 5.74) is -1.15. The van der Waals surface area contributed by atoms with Gasteiger partial charge in [-0.2, -0.15) is 0 Å². The number of carbonyl (C=O) groups is 1. The summed E-state index contributed by atoms with van der Waals surface area (Å²) in [6.07, 6.45) is 0. The molecule has 1 aromatic rings. The fourth-order valence-corrected chi connectivity index (χ4v) is 1.34. The highest BCUT2D eigenvalue weighted by Gasteiger charge is 2.33. The molecule has 1 aromatic carbocycles. The van der Waals surface area contributed by atoms with Gasteiger partial charge in [-0.05, 0) is 37.7 Å². The number of hydrogen-bond donors (Lipinski definition) is 2. The molecule has 0 aliphatic carbocycles. The van der Waals surface area contributed by atoms with Crippen LogP contribution in [0, 0.1) is 5.82 Å². The van der Waals surface area contributed by atoms with E-state index in [4.69, 9.17) is 9.84 Å². The Morgan fingerprint density at radius 1 is 1.47 bits per heavy atom. The van der Waals surface area contributed by atoms with Crippen LogP contribution in [0.4, 0.5) is 4.39 Å². The summed E-state index contributed by atoms with van der Waals surface area (Å²) in [6, 6.07) is 5.45. The van der Waals surface area contributed by atoms with E-state index >= 15 is 0 Å². The molecule has 0 amide bonds. The van der Waals surface area contributed by atoms with Crippen molar-refractivity contribution in [2.75, 3.05) is 13.2 Å². The van der Waals surface area contributed by atoms with Crippen molar-refractivity contribution in [2.45, 2.75) is 19.4 Å². The van der Waals surface area contributed by atoms with Crippen molar-refractivity contribution in [2.24, 2.45) is 0 Å². The Morgan fingerprint density at radius 2 is 2.06 bits per heavy atom. The van der Waals surface area contributed by atoms with Crippen LogP contribution in [0.2, 0.25) is 0 Å². The minimum Gasteiger partial charge on any atom is -0.491 e. The average molecular weight is 241 g/mol. The molecule has 0 spiro atoms. The second-order valence-electron chi connectivity index (χ2n) is 3.91. The van der Waals surface area contributed by atoms with E-state index in [0.29, 0.717) is 12.3 Å². The number of carboxylic acid groups (broad SMARTS) is 1. The second-order valence-corrected chi connectivity index (χ2v) is 3.91. The molecule has 94 valence electrons. The molecule has 0 aromatic heterocycles. The lowest BCUT2D eigenvalue weighted by atomic mass is 10.0. The van der Waals surface area contributed by atoms with Crippen molar-refractivity contribution in [3.8, 4) is 5.75 Å². The molecule has 0 saturated heterocycles. The molecule has 5 heteroatoms. The average Bonchev–Trinajstić information content (AvgIpc) is 2.28. The number of aliphatic carboxylic acids is 1. The third-order valence-corrected chi connectivity index (χ3v) is 2.38. The van der Waals surface area contributed by atoms with Gasteiger partial charge in [-0.1, -0.05) is 6.92 Å². The van der Waals surface area contributed by atoms with Crippen LogP contribution in [-0.4, -0.2) is 29.8 Å². The van der Waals surface area contributed by atoms with Crippen molar-refractivity contribution in [3.05, 3.63) is 30.1 Å². The summed E-state index contributed by atoms with van der Waals surface area (Å²) < 4.78 is 18.0. The summed E-state index contributed by atoms with van der Waals surface area (Å²) in [7, 11) is 0. The van der Waals surface area contributed by atoms with Crippen LogP contribution < -0.4 is 10.1 Å². The first kappa shape index (κ1) is 13.4. The molecule has 1 rings (SSSR count). The predicted molar refractivity (Wildman–Crippen MR) is 61.6 cm³/mol. The van der Waals surface area contributed by atoms with Crippen LogP contribution in [0.15, 0.2) is 24.3 Å². The first-order valence-corrected chi connectivity index (χ1v) is 5.35. The van der Waals surface area contributed by atoms with Crippen LogP contribution in [-0.2, 0) is 4.79 Å². The third kappa shape index (κ3) is 3.71. The summed E-state index contributed by atoms with van der Waals surface area (Å²) in [6.45, 7) is 3.86. The molecule has 0 aliphatic rings.